The zero-order chi connectivity index (χ0) is 13.3. The average Bonchev–Trinajstić information content (AvgIpc) is 2.45. The van der Waals surface area contributed by atoms with Crippen LogP contribution in [-0.2, 0) is 23.9 Å². The molecule has 0 N–H and O–H groups in total. The maximum Gasteiger partial charge on any atom is 0.434 e. The van der Waals surface area contributed by atoms with Gasteiger partial charge in [-0.1, -0.05) is 0 Å². The summed E-state index contributed by atoms with van der Waals surface area (Å²) in [6, 6.07) is 0. The largest absolute Gasteiger partial charge is 0.442 e. The SMILES string of the molecule is CC(C)(C)OC(=O)N1C[C@H](OS(C)(=O)=O)CO1. The number of hydrogen-bond acceptors (Lipinski definition) is 6. The van der Waals surface area contributed by atoms with Crippen molar-refractivity contribution in [1.82, 2.24) is 5.06 Å². The van der Waals surface area contributed by atoms with Crippen molar-refractivity contribution in [2.24, 2.45) is 0 Å². The summed E-state index contributed by atoms with van der Waals surface area (Å²) in [5, 5.41) is 0.959. The van der Waals surface area contributed by atoms with Crippen molar-refractivity contribution >= 4 is 16.2 Å². The van der Waals surface area contributed by atoms with Gasteiger partial charge < -0.3 is 4.74 Å². The second kappa shape index (κ2) is 4.79. The molecule has 0 aliphatic carbocycles. The molecule has 0 aromatic rings. The van der Waals surface area contributed by atoms with E-state index in [4.69, 9.17) is 13.8 Å². The number of hydroxylamine groups is 2. The molecule has 0 unspecified atom stereocenters. The lowest BCUT2D eigenvalue weighted by molar-refractivity contribution is -0.107. The van der Waals surface area contributed by atoms with E-state index < -0.39 is 27.9 Å². The molecule has 0 aromatic heterocycles. The van der Waals surface area contributed by atoms with Crippen LogP contribution < -0.4 is 0 Å². The number of carbonyl (C=O) groups excluding carboxylic acids is 1. The molecule has 1 saturated heterocycles. The fourth-order valence-electron chi connectivity index (χ4n) is 1.21. The molecule has 1 fully saturated rings. The van der Waals surface area contributed by atoms with Gasteiger partial charge in [-0.15, -0.1) is 0 Å². The highest BCUT2D eigenvalue weighted by Crippen LogP contribution is 2.16. The lowest BCUT2D eigenvalue weighted by Gasteiger charge is -2.23. The van der Waals surface area contributed by atoms with Gasteiger partial charge in [-0.2, -0.15) is 13.5 Å². The van der Waals surface area contributed by atoms with E-state index >= 15 is 0 Å². The van der Waals surface area contributed by atoms with Crippen molar-refractivity contribution < 1.29 is 27.0 Å². The Balaban J connectivity index is 2.48. The molecule has 17 heavy (non-hydrogen) atoms. The summed E-state index contributed by atoms with van der Waals surface area (Å²) in [7, 11) is -3.55. The first kappa shape index (κ1) is 14.2. The van der Waals surface area contributed by atoms with Gasteiger partial charge in [-0.3, -0.25) is 9.02 Å². The number of ether oxygens (including phenoxy) is 1. The van der Waals surface area contributed by atoms with Gasteiger partial charge in [-0.05, 0) is 20.8 Å². The van der Waals surface area contributed by atoms with E-state index in [2.05, 4.69) is 0 Å². The lowest BCUT2D eigenvalue weighted by atomic mass is 10.2. The molecule has 1 aliphatic heterocycles. The van der Waals surface area contributed by atoms with E-state index in [1.54, 1.807) is 20.8 Å². The second-order valence-electron chi connectivity index (χ2n) is 4.76. The van der Waals surface area contributed by atoms with Gasteiger partial charge in [0.2, 0.25) is 0 Å². The molecule has 0 aromatic carbocycles. The van der Waals surface area contributed by atoms with Gasteiger partial charge in [0.15, 0.2) is 0 Å². The van der Waals surface area contributed by atoms with Crippen molar-refractivity contribution in [1.29, 1.82) is 0 Å². The highest BCUT2D eigenvalue weighted by Gasteiger charge is 2.33. The Morgan fingerprint density at radius 2 is 2.00 bits per heavy atom. The summed E-state index contributed by atoms with van der Waals surface area (Å²) in [6.45, 7) is 5.22. The second-order valence-corrected chi connectivity index (χ2v) is 6.36. The highest BCUT2D eigenvalue weighted by atomic mass is 32.2. The number of amides is 1. The van der Waals surface area contributed by atoms with E-state index in [0.29, 0.717) is 0 Å². The van der Waals surface area contributed by atoms with E-state index in [1.165, 1.54) is 0 Å². The van der Waals surface area contributed by atoms with Gasteiger partial charge in [0.05, 0.1) is 12.8 Å². The minimum absolute atomic E-state index is 0.00626. The molecule has 1 atom stereocenters. The molecule has 1 aliphatic rings. The molecule has 100 valence electrons. The topological polar surface area (TPSA) is 82.1 Å². The van der Waals surface area contributed by atoms with E-state index in [0.717, 1.165) is 11.3 Å². The summed E-state index contributed by atoms with van der Waals surface area (Å²) in [4.78, 5) is 16.5. The van der Waals surface area contributed by atoms with Crippen molar-refractivity contribution in [2.75, 3.05) is 19.4 Å². The third-order valence-corrected chi connectivity index (χ3v) is 2.32. The van der Waals surface area contributed by atoms with Crippen molar-refractivity contribution in [3.8, 4) is 0 Å². The van der Waals surface area contributed by atoms with Gasteiger partial charge in [-0.25, -0.2) is 4.79 Å². The number of rotatable bonds is 2. The normalized spacial score (nSPS) is 21.6. The van der Waals surface area contributed by atoms with Crippen molar-refractivity contribution in [3.05, 3.63) is 0 Å². The minimum atomic E-state index is -3.55. The molecule has 0 radical (unpaired) electrons. The van der Waals surface area contributed by atoms with Crippen LogP contribution >= 0.6 is 0 Å². The van der Waals surface area contributed by atoms with E-state index in [9.17, 15) is 13.2 Å². The van der Waals surface area contributed by atoms with Crippen LogP contribution in [0.25, 0.3) is 0 Å². The van der Waals surface area contributed by atoms with Crippen LogP contribution in [-0.4, -0.2) is 50.7 Å². The molecule has 1 rings (SSSR count). The summed E-state index contributed by atoms with van der Waals surface area (Å²) in [6.07, 6.45) is -0.391. The van der Waals surface area contributed by atoms with Gasteiger partial charge >= 0.3 is 6.09 Å². The summed E-state index contributed by atoms with van der Waals surface area (Å²) in [5.41, 5.74) is -0.629. The predicted octanol–water partition coefficient (Wildman–Crippen LogP) is 0.514. The quantitative estimate of drug-likeness (QED) is 0.678. The standard InChI is InChI=1S/C9H17NO6S/c1-9(2,3)15-8(11)10-5-7(6-14-10)16-17(4,12)13/h7H,5-6H2,1-4H3/t7-/m0/s1. The summed E-state index contributed by atoms with van der Waals surface area (Å²) >= 11 is 0. The van der Waals surface area contributed by atoms with Crippen LogP contribution in [0.3, 0.4) is 0 Å². The Morgan fingerprint density at radius 3 is 2.47 bits per heavy atom. The van der Waals surface area contributed by atoms with E-state index in [-0.39, 0.29) is 13.2 Å². The molecule has 1 amide bonds. The van der Waals surface area contributed by atoms with E-state index in [1.807, 2.05) is 0 Å². The Labute approximate surface area is 101 Å². The van der Waals surface area contributed by atoms with Crippen molar-refractivity contribution in [3.63, 3.8) is 0 Å². The van der Waals surface area contributed by atoms with Gasteiger partial charge in [0.25, 0.3) is 10.1 Å². The lowest BCUT2D eigenvalue weighted by Crippen LogP contribution is -2.35. The fourth-order valence-corrected chi connectivity index (χ4v) is 1.82. The first-order valence-electron chi connectivity index (χ1n) is 5.08. The van der Waals surface area contributed by atoms with Crippen LogP contribution in [0, 0.1) is 0 Å². The average molecular weight is 267 g/mol. The monoisotopic (exact) mass is 267 g/mol. The number of hydrogen-bond donors (Lipinski definition) is 0. The van der Waals surface area contributed by atoms with Crippen LogP contribution in [0.2, 0.25) is 0 Å². The molecule has 8 heteroatoms. The van der Waals surface area contributed by atoms with Gasteiger partial charge in [0.1, 0.15) is 18.3 Å². The van der Waals surface area contributed by atoms with Crippen LogP contribution in [0.15, 0.2) is 0 Å². The van der Waals surface area contributed by atoms with Gasteiger partial charge in [0, 0.05) is 0 Å². The van der Waals surface area contributed by atoms with Crippen LogP contribution in [0.4, 0.5) is 4.79 Å². The molecule has 0 spiro atoms. The molecule has 1 heterocycles. The Hall–Kier alpha value is -0.860. The molecule has 0 saturated carbocycles. The van der Waals surface area contributed by atoms with Crippen LogP contribution in [0.1, 0.15) is 20.8 Å². The Bertz CT molecular complexity index is 385. The molecule has 7 nitrogen and oxygen atoms in total. The molecular formula is C9H17NO6S. The number of carbonyl (C=O) groups is 1. The van der Waals surface area contributed by atoms with Crippen LogP contribution in [0.5, 0.6) is 0 Å². The highest BCUT2D eigenvalue weighted by molar-refractivity contribution is 7.86. The minimum Gasteiger partial charge on any atom is -0.442 e. The third kappa shape index (κ3) is 5.33. The smallest absolute Gasteiger partial charge is 0.434 e. The molecular weight excluding hydrogens is 250 g/mol. The summed E-state index contributed by atoms with van der Waals surface area (Å²) < 4.78 is 31.5. The maximum absolute atomic E-state index is 11.5. The Kier molecular flexibility index (Phi) is 4.00. The zero-order valence-electron chi connectivity index (χ0n) is 10.3. The fraction of sp³-hybridized carbons (Fsp3) is 0.889. The maximum atomic E-state index is 11.5. The predicted molar refractivity (Wildman–Crippen MR) is 58.6 cm³/mol. The molecule has 0 bridgehead atoms. The first-order valence-corrected chi connectivity index (χ1v) is 6.90. The summed E-state index contributed by atoms with van der Waals surface area (Å²) in [5.74, 6) is 0. The first-order chi connectivity index (χ1) is 7.57. The Morgan fingerprint density at radius 1 is 1.41 bits per heavy atom. The van der Waals surface area contributed by atoms with Crippen molar-refractivity contribution in [2.45, 2.75) is 32.5 Å². The zero-order valence-corrected chi connectivity index (χ0v) is 11.1. The third-order valence-electron chi connectivity index (χ3n) is 1.69. The number of nitrogens with zero attached hydrogens (tertiary/aromatic N) is 1.